The van der Waals surface area contributed by atoms with Crippen molar-refractivity contribution in [2.45, 2.75) is 0 Å². The number of cyclic esters (lactones) is 2. The Balaban J connectivity index is 2.27. The molecular weight excluding hydrogens is 248 g/mol. The minimum Gasteiger partial charge on any atom is -0.508 e. The number of hydrogen-bond donors (Lipinski definition) is 2. The third-order valence-electron chi connectivity index (χ3n) is 2.96. The highest BCUT2D eigenvalue weighted by molar-refractivity contribution is 6.19. The van der Waals surface area contributed by atoms with E-state index in [1.807, 2.05) is 0 Å². The van der Waals surface area contributed by atoms with E-state index in [1.54, 1.807) is 12.1 Å². The van der Waals surface area contributed by atoms with Gasteiger partial charge in [0.2, 0.25) is 0 Å². The van der Waals surface area contributed by atoms with Gasteiger partial charge in [0.05, 0.1) is 5.56 Å². The summed E-state index contributed by atoms with van der Waals surface area (Å²) >= 11 is 0. The van der Waals surface area contributed by atoms with Crippen molar-refractivity contribution >= 4 is 11.9 Å². The van der Waals surface area contributed by atoms with Gasteiger partial charge in [-0.05, 0) is 35.4 Å². The van der Waals surface area contributed by atoms with Gasteiger partial charge < -0.3 is 14.9 Å². The van der Waals surface area contributed by atoms with Crippen LogP contribution in [0.1, 0.15) is 20.7 Å². The van der Waals surface area contributed by atoms with Crippen LogP contribution in [0.4, 0.5) is 0 Å². The van der Waals surface area contributed by atoms with Crippen molar-refractivity contribution in [3.05, 3.63) is 47.5 Å². The fraction of sp³-hybridized carbons (Fsp3) is 0. The van der Waals surface area contributed by atoms with Gasteiger partial charge >= 0.3 is 11.9 Å². The molecule has 94 valence electrons. The van der Waals surface area contributed by atoms with E-state index >= 15 is 0 Å². The average Bonchev–Trinajstić information content (AvgIpc) is 2.68. The van der Waals surface area contributed by atoms with E-state index in [9.17, 15) is 19.8 Å². The molecule has 0 saturated heterocycles. The Labute approximate surface area is 107 Å². The predicted octanol–water partition coefficient (Wildman–Crippen LogP) is 2.08. The number of aromatic hydroxyl groups is 2. The molecule has 0 aromatic heterocycles. The summed E-state index contributed by atoms with van der Waals surface area (Å²) in [6.45, 7) is 0. The van der Waals surface area contributed by atoms with Crippen LogP contribution < -0.4 is 0 Å². The van der Waals surface area contributed by atoms with Crippen LogP contribution in [0.2, 0.25) is 0 Å². The summed E-state index contributed by atoms with van der Waals surface area (Å²) in [6, 6.07) is 9.02. The first-order valence-corrected chi connectivity index (χ1v) is 5.50. The standard InChI is InChI=1S/C14H8O5/c15-8-3-1-7(2-4-8)9-5-6-10(16)12-11(9)13(17)19-14(12)18/h1-6,15-16H. The summed E-state index contributed by atoms with van der Waals surface area (Å²) in [5, 5.41) is 18.9. The number of ether oxygens (including phenoxy) is 1. The second-order valence-corrected chi connectivity index (χ2v) is 4.11. The molecule has 0 radical (unpaired) electrons. The minimum atomic E-state index is -0.849. The number of phenolic OH excluding ortho intramolecular Hbond substituents is 2. The van der Waals surface area contributed by atoms with Gasteiger partial charge in [0.15, 0.2) is 0 Å². The number of phenols is 2. The third kappa shape index (κ3) is 1.63. The molecule has 0 spiro atoms. The van der Waals surface area contributed by atoms with E-state index in [1.165, 1.54) is 24.3 Å². The Kier molecular flexibility index (Phi) is 2.28. The zero-order valence-corrected chi connectivity index (χ0v) is 9.58. The first-order valence-electron chi connectivity index (χ1n) is 5.50. The number of benzene rings is 2. The van der Waals surface area contributed by atoms with Crippen LogP contribution in [0.5, 0.6) is 11.5 Å². The van der Waals surface area contributed by atoms with Gasteiger partial charge in [-0.3, -0.25) is 0 Å². The molecule has 1 aliphatic rings. The lowest BCUT2D eigenvalue weighted by molar-refractivity contribution is 0.0443. The molecule has 0 unspecified atom stereocenters. The van der Waals surface area contributed by atoms with Crippen LogP contribution in [0.3, 0.4) is 0 Å². The Morgan fingerprint density at radius 3 is 2.11 bits per heavy atom. The molecule has 0 bridgehead atoms. The van der Waals surface area contributed by atoms with Gasteiger partial charge in [-0.15, -0.1) is 0 Å². The molecule has 5 nitrogen and oxygen atoms in total. The summed E-state index contributed by atoms with van der Waals surface area (Å²) in [5.74, 6) is -1.82. The van der Waals surface area contributed by atoms with Crippen LogP contribution >= 0.6 is 0 Å². The highest BCUT2D eigenvalue weighted by Gasteiger charge is 2.35. The molecule has 0 aliphatic carbocycles. The largest absolute Gasteiger partial charge is 0.508 e. The lowest BCUT2D eigenvalue weighted by Crippen LogP contribution is -1.98. The molecule has 2 N–H and O–H groups in total. The number of carbonyl (C=O) groups excluding carboxylic acids is 2. The summed E-state index contributed by atoms with van der Waals surface area (Å²) in [5.41, 5.74) is 1.05. The van der Waals surface area contributed by atoms with Gasteiger partial charge in [0, 0.05) is 0 Å². The van der Waals surface area contributed by atoms with Gasteiger partial charge in [-0.2, -0.15) is 0 Å². The van der Waals surface area contributed by atoms with Crippen molar-refractivity contribution in [2.24, 2.45) is 0 Å². The molecule has 1 heterocycles. The number of esters is 2. The predicted molar refractivity (Wildman–Crippen MR) is 65.0 cm³/mol. The number of fused-ring (bicyclic) bond motifs is 1. The van der Waals surface area contributed by atoms with Crippen molar-refractivity contribution in [3.63, 3.8) is 0 Å². The second kappa shape index (κ2) is 3.84. The molecule has 5 heteroatoms. The normalized spacial score (nSPS) is 13.3. The first-order chi connectivity index (χ1) is 9.08. The fourth-order valence-electron chi connectivity index (χ4n) is 2.08. The van der Waals surface area contributed by atoms with Crippen molar-refractivity contribution < 1.29 is 24.5 Å². The lowest BCUT2D eigenvalue weighted by Gasteiger charge is -2.06. The van der Waals surface area contributed by atoms with Gasteiger partial charge in [-0.1, -0.05) is 12.1 Å². The van der Waals surface area contributed by atoms with Crippen molar-refractivity contribution in [3.8, 4) is 22.6 Å². The maximum Gasteiger partial charge on any atom is 0.350 e. The Hall–Kier alpha value is -2.82. The van der Waals surface area contributed by atoms with Crippen molar-refractivity contribution in [1.82, 2.24) is 0 Å². The number of hydrogen-bond acceptors (Lipinski definition) is 5. The molecule has 0 amide bonds. The van der Waals surface area contributed by atoms with Crippen LogP contribution in [0.25, 0.3) is 11.1 Å². The summed E-state index contributed by atoms with van der Waals surface area (Å²) in [6.07, 6.45) is 0. The number of rotatable bonds is 1. The maximum absolute atomic E-state index is 11.7. The van der Waals surface area contributed by atoms with Gasteiger partial charge in [-0.25, -0.2) is 9.59 Å². The minimum absolute atomic E-state index is 0.0516. The Bertz CT molecular complexity index is 701. The van der Waals surface area contributed by atoms with E-state index in [4.69, 9.17) is 0 Å². The van der Waals surface area contributed by atoms with E-state index in [-0.39, 0.29) is 22.6 Å². The first kappa shape index (κ1) is 11.3. The molecule has 2 aromatic rings. The van der Waals surface area contributed by atoms with E-state index in [2.05, 4.69) is 4.74 Å². The molecule has 1 aliphatic heterocycles. The maximum atomic E-state index is 11.7. The highest BCUT2D eigenvalue weighted by atomic mass is 16.6. The zero-order valence-electron chi connectivity index (χ0n) is 9.58. The van der Waals surface area contributed by atoms with Gasteiger partial charge in [0.25, 0.3) is 0 Å². The fourth-order valence-corrected chi connectivity index (χ4v) is 2.08. The van der Waals surface area contributed by atoms with Crippen LogP contribution in [0, 0.1) is 0 Å². The molecular formula is C14H8O5. The van der Waals surface area contributed by atoms with Crippen LogP contribution in [0.15, 0.2) is 36.4 Å². The monoisotopic (exact) mass is 256 g/mol. The van der Waals surface area contributed by atoms with Crippen molar-refractivity contribution in [1.29, 1.82) is 0 Å². The molecule has 0 atom stereocenters. The number of carbonyl (C=O) groups is 2. The van der Waals surface area contributed by atoms with Crippen LogP contribution in [-0.4, -0.2) is 22.2 Å². The summed E-state index contributed by atoms with van der Waals surface area (Å²) in [4.78, 5) is 23.2. The second-order valence-electron chi connectivity index (χ2n) is 4.11. The quantitative estimate of drug-likeness (QED) is 0.602. The lowest BCUT2D eigenvalue weighted by atomic mass is 9.96. The van der Waals surface area contributed by atoms with E-state index in [0.29, 0.717) is 11.1 Å². The molecule has 0 saturated carbocycles. The topological polar surface area (TPSA) is 83.8 Å². The molecule has 0 fully saturated rings. The summed E-state index contributed by atoms with van der Waals surface area (Å²) in [7, 11) is 0. The van der Waals surface area contributed by atoms with E-state index in [0.717, 1.165) is 0 Å². The van der Waals surface area contributed by atoms with Gasteiger partial charge in [0.1, 0.15) is 17.1 Å². The highest BCUT2D eigenvalue weighted by Crippen LogP contribution is 2.36. The molecule has 2 aromatic carbocycles. The average molecular weight is 256 g/mol. The SMILES string of the molecule is O=C1OC(=O)c2c(-c3ccc(O)cc3)ccc(O)c21. The third-order valence-corrected chi connectivity index (χ3v) is 2.96. The molecule has 19 heavy (non-hydrogen) atoms. The molecule has 3 rings (SSSR count). The summed E-state index contributed by atoms with van der Waals surface area (Å²) < 4.78 is 4.51. The Morgan fingerprint density at radius 2 is 1.42 bits per heavy atom. The smallest absolute Gasteiger partial charge is 0.350 e. The Morgan fingerprint density at radius 1 is 0.789 bits per heavy atom. The van der Waals surface area contributed by atoms with Crippen LogP contribution in [-0.2, 0) is 4.74 Å². The zero-order chi connectivity index (χ0) is 13.6. The van der Waals surface area contributed by atoms with E-state index < -0.39 is 11.9 Å². The van der Waals surface area contributed by atoms with Crippen molar-refractivity contribution in [2.75, 3.05) is 0 Å².